The normalized spacial score (nSPS) is 11.3. The maximum absolute atomic E-state index is 9.95. The fourth-order valence-corrected chi connectivity index (χ4v) is 2.19. The summed E-state index contributed by atoms with van der Waals surface area (Å²) in [6.45, 7) is 2.61. The van der Waals surface area contributed by atoms with Crippen LogP contribution in [-0.2, 0) is 31.3 Å². The van der Waals surface area contributed by atoms with Crippen LogP contribution < -0.4 is 34.5 Å². The topological polar surface area (TPSA) is 95.5 Å². The van der Waals surface area contributed by atoms with E-state index in [9.17, 15) is 9.46 Å². The summed E-state index contributed by atoms with van der Waals surface area (Å²) in [5.41, 5.74) is 0. The Kier molecular flexibility index (Phi) is 18.7. The molecule has 0 aliphatic heterocycles. The molecule has 0 saturated heterocycles. The van der Waals surface area contributed by atoms with Crippen molar-refractivity contribution in [2.75, 3.05) is 42.2 Å². The summed E-state index contributed by atoms with van der Waals surface area (Å²) in [5, 5.41) is 0. The molecule has 0 aromatic rings. The predicted molar refractivity (Wildman–Crippen MR) is 64.6 cm³/mol. The Hall–Kier alpha value is 1.17. The van der Waals surface area contributed by atoms with Gasteiger partial charge in [-0.1, -0.05) is 6.92 Å². The van der Waals surface area contributed by atoms with E-state index in [1.54, 1.807) is 0 Å². The zero-order valence-electron chi connectivity index (χ0n) is 12.6. The minimum Gasteiger partial charge on any atom is -0.756 e. The van der Waals surface area contributed by atoms with Gasteiger partial charge in [0.05, 0.1) is 0 Å². The Bertz CT molecular complexity index is 225. The van der Waals surface area contributed by atoms with Crippen molar-refractivity contribution in [3.05, 3.63) is 0 Å². The second kappa shape index (κ2) is 14.1. The van der Waals surface area contributed by atoms with Crippen LogP contribution in [0.2, 0.25) is 0 Å². The summed E-state index contributed by atoms with van der Waals surface area (Å²) in [5.74, 6) is 0. The number of hydrogen-bond donors (Lipinski definition) is 0. The second-order valence-electron chi connectivity index (χ2n) is 2.77. The summed E-state index contributed by atoms with van der Waals surface area (Å²) < 4.78 is 38.0. The van der Waals surface area contributed by atoms with Crippen LogP contribution in [0.25, 0.3) is 0 Å². The van der Waals surface area contributed by atoms with Crippen LogP contribution in [0, 0.1) is 0 Å². The average molecular weight is 328 g/mol. The minimum absolute atomic E-state index is 0. The predicted octanol–water partition coefficient (Wildman–Crippen LogP) is -2.46. The summed E-state index contributed by atoms with van der Waals surface area (Å²) in [7, 11) is 0.00334. The Balaban J connectivity index is -0.000000280. The maximum atomic E-state index is 9.95. The third kappa shape index (κ3) is 12.6. The number of phosphoric ester groups is 1. The van der Waals surface area contributed by atoms with Crippen molar-refractivity contribution in [2.45, 2.75) is 13.3 Å². The molecule has 0 amide bonds. The molecular weight excluding hydrogens is 306 g/mol. The van der Waals surface area contributed by atoms with Crippen LogP contribution in [0.1, 0.15) is 13.3 Å². The fourth-order valence-electron chi connectivity index (χ4n) is 0.728. The van der Waals surface area contributed by atoms with Gasteiger partial charge in [0.15, 0.2) is 0 Å². The van der Waals surface area contributed by atoms with Gasteiger partial charge in [0.2, 0.25) is 0 Å². The van der Waals surface area contributed by atoms with Gasteiger partial charge in [0.1, 0.15) is 0 Å². The van der Waals surface area contributed by atoms with E-state index in [1.165, 1.54) is 21.3 Å². The first kappa shape index (κ1) is 25.1. The van der Waals surface area contributed by atoms with Gasteiger partial charge in [-0.15, -0.1) is 0 Å². The van der Waals surface area contributed by atoms with Gasteiger partial charge < -0.3 is 31.6 Å². The zero-order valence-corrected chi connectivity index (χ0v) is 16.5. The van der Waals surface area contributed by atoms with Gasteiger partial charge in [-0.2, -0.15) is 0 Å². The first-order chi connectivity index (χ1) is 8.36. The van der Waals surface area contributed by atoms with Crippen LogP contribution in [0.15, 0.2) is 0 Å². The molecule has 0 atom stereocenters. The van der Waals surface area contributed by atoms with Crippen LogP contribution >= 0.6 is 7.82 Å². The van der Waals surface area contributed by atoms with Crippen molar-refractivity contribution in [3.8, 4) is 0 Å². The Morgan fingerprint density at radius 2 is 1.37 bits per heavy atom. The molecule has 0 aliphatic carbocycles. The molecule has 0 radical (unpaired) electrons. The molecular formula is C8H22NaO8PSi. The Labute approximate surface area is 138 Å². The molecule has 0 aromatic heterocycles. The van der Waals surface area contributed by atoms with Crippen molar-refractivity contribution in [3.63, 3.8) is 0 Å². The first-order valence-electron chi connectivity index (χ1n) is 5.08. The van der Waals surface area contributed by atoms with E-state index in [2.05, 4.69) is 9.05 Å². The molecule has 0 bridgehead atoms. The van der Waals surface area contributed by atoms with Crippen molar-refractivity contribution < 1.29 is 65.8 Å². The van der Waals surface area contributed by atoms with Gasteiger partial charge in [-0.3, -0.25) is 4.57 Å². The van der Waals surface area contributed by atoms with E-state index in [0.717, 1.165) is 20.6 Å². The molecule has 0 heterocycles. The summed E-state index contributed by atoms with van der Waals surface area (Å²) in [6.07, 6.45) is 0.921. The fraction of sp³-hybridized carbons (Fsp3) is 1.00. The second-order valence-corrected chi connectivity index (χ2v) is 6.91. The summed E-state index contributed by atoms with van der Waals surface area (Å²) >= 11 is 0. The standard InChI is InChI=1S/C6H16O4Si.C2H7O4P.Na/c1-5-6-10-11(7-2,8-3)9-4;1-5-7(3,4)6-2;/h5-6H2,1-4H3;1-2H3,(H,3,4);/q;;+1/p-1. The molecule has 0 unspecified atom stereocenters. The van der Waals surface area contributed by atoms with Crippen molar-refractivity contribution in [1.29, 1.82) is 0 Å². The van der Waals surface area contributed by atoms with Crippen molar-refractivity contribution in [2.24, 2.45) is 0 Å². The van der Waals surface area contributed by atoms with Crippen molar-refractivity contribution in [1.82, 2.24) is 0 Å². The van der Waals surface area contributed by atoms with Crippen LogP contribution in [0.3, 0.4) is 0 Å². The van der Waals surface area contributed by atoms with Crippen LogP contribution in [0.4, 0.5) is 0 Å². The molecule has 11 heteroatoms. The Morgan fingerprint density at radius 1 is 1.00 bits per heavy atom. The smallest absolute Gasteiger partial charge is 0.756 e. The van der Waals surface area contributed by atoms with Gasteiger partial charge in [0, 0.05) is 42.2 Å². The average Bonchev–Trinajstić information content (AvgIpc) is 2.42. The minimum atomic E-state index is -3.90. The third-order valence-electron chi connectivity index (χ3n) is 1.68. The molecule has 0 spiro atoms. The quantitative estimate of drug-likeness (QED) is 0.358. The molecule has 112 valence electrons. The molecule has 0 saturated carbocycles. The number of hydrogen-bond acceptors (Lipinski definition) is 8. The molecule has 8 nitrogen and oxygen atoms in total. The van der Waals surface area contributed by atoms with E-state index in [4.69, 9.17) is 17.7 Å². The van der Waals surface area contributed by atoms with Crippen molar-refractivity contribution >= 4 is 16.9 Å². The summed E-state index contributed by atoms with van der Waals surface area (Å²) in [6, 6.07) is 0. The number of phosphoric acid groups is 1. The molecule has 0 N–H and O–H groups in total. The van der Waals surface area contributed by atoms with E-state index in [-0.39, 0.29) is 29.6 Å². The van der Waals surface area contributed by atoms with E-state index in [0.29, 0.717) is 6.61 Å². The monoisotopic (exact) mass is 328 g/mol. The Morgan fingerprint density at radius 3 is 1.53 bits per heavy atom. The zero-order chi connectivity index (χ0) is 14.7. The summed E-state index contributed by atoms with van der Waals surface area (Å²) in [4.78, 5) is 9.95. The molecule has 0 aromatic carbocycles. The molecule has 0 fully saturated rings. The number of rotatable bonds is 8. The molecule has 19 heavy (non-hydrogen) atoms. The van der Waals surface area contributed by atoms with Gasteiger partial charge in [-0.25, -0.2) is 0 Å². The first-order valence-corrected chi connectivity index (χ1v) is 8.18. The molecule has 0 aliphatic rings. The van der Waals surface area contributed by atoms with Crippen LogP contribution in [-0.4, -0.2) is 51.2 Å². The van der Waals surface area contributed by atoms with Gasteiger partial charge in [-0.05, 0) is 6.42 Å². The van der Waals surface area contributed by atoms with Crippen LogP contribution in [0.5, 0.6) is 0 Å². The largest absolute Gasteiger partial charge is 1.00 e. The maximum Gasteiger partial charge on any atom is 1.00 e. The van der Waals surface area contributed by atoms with E-state index >= 15 is 0 Å². The van der Waals surface area contributed by atoms with Gasteiger partial charge in [0.25, 0.3) is 7.82 Å². The third-order valence-corrected chi connectivity index (χ3v) is 4.63. The molecule has 0 rings (SSSR count). The van der Waals surface area contributed by atoms with E-state index in [1.807, 2.05) is 6.92 Å². The van der Waals surface area contributed by atoms with Gasteiger partial charge >= 0.3 is 38.6 Å². The SMILES string of the molecule is CCCO[Si](OC)(OC)OC.COP(=O)([O-])OC.[Na+]. The van der Waals surface area contributed by atoms with E-state index < -0.39 is 16.9 Å².